The number of hydrogen-bond acceptors (Lipinski definition) is 6. The summed E-state index contributed by atoms with van der Waals surface area (Å²) in [5.41, 5.74) is 10.1. The second kappa shape index (κ2) is 32.4. The highest BCUT2D eigenvalue weighted by molar-refractivity contribution is 5.93. The molecule has 0 bridgehead atoms. The first-order valence-electron chi connectivity index (χ1n) is 24.9. The van der Waals surface area contributed by atoms with Crippen LogP contribution in [0.1, 0.15) is 153 Å². The molecule has 0 spiro atoms. The van der Waals surface area contributed by atoms with E-state index in [9.17, 15) is 14.4 Å². The summed E-state index contributed by atoms with van der Waals surface area (Å²) in [5.74, 6) is -0.738. The molecule has 9 heteroatoms. The van der Waals surface area contributed by atoms with Crippen LogP contribution >= 0.6 is 0 Å². The van der Waals surface area contributed by atoms with Gasteiger partial charge in [-0.2, -0.15) is 0 Å². The van der Waals surface area contributed by atoms with Gasteiger partial charge in [0.25, 0.3) is 0 Å². The van der Waals surface area contributed by atoms with E-state index in [4.69, 9.17) is 14.2 Å². The number of nitrogens with one attached hydrogen (secondary N) is 3. The predicted octanol–water partition coefficient (Wildman–Crippen LogP) is 12.2. The lowest BCUT2D eigenvalue weighted by atomic mass is 9.72. The molecule has 3 N–H and O–H groups in total. The summed E-state index contributed by atoms with van der Waals surface area (Å²) in [6.07, 6.45) is 35.6. The summed E-state index contributed by atoms with van der Waals surface area (Å²) >= 11 is 0. The van der Waals surface area contributed by atoms with Gasteiger partial charge >= 0.3 is 0 Å². The van der Waals surface area contributed by atoms with Gasteiger partial charge in [0.2, 0.25) is 17.7 Å². The minimum atomic E-state index is -0.724. The van der Waals surface area contributed by atoms with E-state index in [0.29, 0.717) is 71.8 Å². The zero-order valence-electron chi connectivity index (χ0n) is 43.1. The number of ether oxygens (including phenoxy) is 3. The Hall–Kier alpha value is -4.31. The SMILES string of the molecule is CCCCOCCOCCOCCCNC(=O)[C@H](CCCCNC(=O)/C=C(C)/C=C/C=C(C)/C=C/C1=C(C)CCCC1(C)C)NC(=O)/C=C(C)/C=C/C=C(C)/C=C/C1=C(C)CCCC1(C)C. The van der Waals surface area contributed by atoms with Crippen molar-refractivity contribution in [2.24, 2.45) is 10.8 Å². The maximum atomic E-state index is 13.4. The van der Waals surface area contributed by atoms with Gasteiger partial charge in [-0.3, -0.25) is 14.4 Å². The molecule has 0 aliphatic heterocycles. The molecule has 3 amide bonds. The van der Waals surface area contributed by atoms with Crippen LogP contribution in [0.3, 0.4) is 0 Å². The summed E-state index contributed by atoms with van der Waals surface area (Å²) < 4.78 is 16.7. The second-order valence-corrected chi connectivity index (χ2v) is 19.5. The van der Waals surface area contributed by atoms with E-state index in [1.54, 1.807) is 6.08 Å². The van der Waals surface area contributed by atoms with E-state index in [1.807, 2.05) is 44.2 Å². The largest absolute Gasteiger partial charge is 0.379 e. The summed E-state index contributed by atoms with van der Waals surface area (Å²) in [7, 11) is 0. The van der Waals surface area contributed by atoms with Crippen molar-refractivity contribution in [2.45, 2.75) is 159 Å². The van der Waals surface area contributed by atoms with Gasteiger partial charge in [-0.15, -0.1) is 0 Å². The van der Waals surface area contributed by atoms with Gasteiger partial charge in [0, 0.05) is 38.5 Å². The van der Waals surface area contributed by atoms with Crippen LogP contribution in [0.4, 0.5) is 0 Å². The Morgan fingerprint density at radius 2 is 1.06 bits per heavy atom. The standard InChI is InChI=1S/C57H89N3O6/c1-12-13-36-64-38-40-66-41-39-65-37-20-35-59-55(63)52(60-54(62)43-47(5)24-17-22-45(3)29-31-51-49(7)26-19-33-57(51,10)11)27-14-15-34-58-53(61)42-46(4)23-16-21-44(2)28-30-50-48(6)25-18-32-56(50,8)9/h16-17,21-24,28-31,42-43,52H,12-15,18-20,25-27,32-41H2,1-11H3,(H,58,61)(H,59,63)(H,60,62)/b23-16+,24-17+,30-28+,31-29+,44-21+,45-22+,46-42+,47-43+/t52-/m0/s1. The zero-order chi connectivity index (χ0) is 48.8. The first kappa shape index (κ1) is 57.8. The summed E-state index contributed by atoms with van der Waals surface area (Å²) in [6, 6.07) is -0.724. The van der Waals surface area contributed by atoms with Crippen LogP contribution in [-0.2, 0) is 28.6 Å². The van der Waals surface area contributed by atoms with E-state index in [2.05, 4.69) is 109 Å². The molecule has 0 saturated carbocycles. The highest BCUT2D eigenvalue weighted by atomic mass is 16.5. The Labute approximate surface area is 401 Å². The van der Waals surface area contributed by atoms with E-state index in [-0.39, 0.29) is 28.6 Å². The van der Waals surface area contributed by atoms with Crippen molar-refractivity contribution in [2.75, 3.05) is 52.7 Å². The van der Waals surface area contributed by atoms with Crippen LogP contribution in [-0.4, -0.2) is 76.5 Å². The molecule has 2 aliphatic rings. The minimum absolute atomic E-state index is 0.164. The molecule has 1 atom stereocenters. The second-order valence-electron chi connectivity index (χ2n) is 19.5. The fraction of sp³-hybridized carbons (Fsp3) is 0.596. The lowest BCUT2D eigenvalue weighted by Crippen LogP contribution is -2.46. The summed E-state index contributed by atoms with van der Waals surface area (Å²) in [5, 5.41) is 8.86. The Balaban J connectivity index is 1.92. The van der Waals surface area contributed by atoms with Crippen LogP contribution < -0.4 is 16.0 Å². The molecule has 368 valence electrons. The molecule has 0 fully saturated rings. The fourth-order valence-corrected chi connectivity index (χ4v) is 8.29. The summed E-state index contributed by atoms with van der Waals surface area (Å²) in [4.78, 5) is 39.3. The number of carbonyl (C=O) groups is 3. The minimum Gasteiger partial charge on any atom is -0.379 e. The molecule has 2 aliphatic carbocycles. The molecule has 0 aromatic rings. The van der Waals surface area contributed by atoms with Gasteiger partial charge in [0.1, 0.15) is 6.04 Å². The van der Waals surface area contributed by atoms with E-state index < -0.39 is 6.04 Å². The molecule has 0 aromatic carbocycles. The predicted molar refractivity (Wildman–Crippen MR) is 276 cm³/mol. The molecule has 0 radical (unpaired) electrons. The zero-order valence-corrected chi connectivity index (χ0v) is 43.1. The molecule has 0 aromatic heterocycles. The van der Waals surface area contributed by atoms with E-state index in [0.717, 1.165) is 48.2 Å². The van der Waals surface area contributed by atoms with Gasteiger partial charge in [0.05, 0.1) is 26.4 Å². The molecule has 0 unspecified atom stereocenters. The van der Waals surface area contributed by atoms with Crippen molar-refractivity contribution < 1.29 is 28.6 Å². The van der Waals surface area contributed by atoms with Gasteiger partial charge in [0.15, 0.2) is 0 Å². The molecule has 9 nitrogen and oxygen atoms in total. The maximum absolute atomic E-state index is 13.4. The van der Waals surface area contributed by atoms with Gasteiger partial charge in [-0.1, -0.05) is 124 Å². The van der Waals surface area contributed by atoms with Crippen molar-refractivity contribution in [3.05, 3.63) is 117 Å². The van der Waals surface area contributed by atoms with Crippen LogP contribution in [0.2, 0.25) is 0 Å². The van der Waals surface area contributed by atoms with E-state index in [1.165, 1.54) is 60.5 Å². The summed E-state index contributed by atoms with van der Waals surface area (Å²) in [6.45, 7) is 28.1. The number of rotatable bonds is 30. The van der Waals surface area contributed by atoms with Gasteiger partial charge < -0.3 is 30.2 Å². The lowest BCUT2D eigenvalue weighted by Gasteiger charge is -2.33. The van der Waals surface area contributed by atoms with Crippen molar-refractivity contribution in [1.82, 2.24) is 16.0 Å². The van der Waals surface area contributed by atoms with E-state index >= 15 is 0 Å². The topological polar surface area (TPSA) is 115 Å². The van der Waals surface area contributed by atoms with Crippen LogP contribution in [0.15, 0.2) is 117 Å². The van der Waals surface area contributed by atoms with Crippen LogP contribution in [0.25, 0.3) is 0 Å². The Bertz CT molecular complexity index is 1850. The number of amides is 3. The number of unbranched alkanes of at least 4 members (excludes halogenated alkanes) is 2. The first-order chi connectivity index (χ1) is 31.4. The van der Waals surface area contributed by atoms with Crippen molar-refractivity contribution >= 4 is 17.7 Å². The molecule has 2 rings (SSSR count). The third-order valence-corrected chi connectivity index (χ3v) is 12.3. The van der Waals surface area contributed by atoms with Crippen molar-refractivity contribution in [3.8, 4) is 0 Å². The number of allylic oxidation sites excluding steroid dienone is 18. The monoisotopic (exact) mass is 912 g/mol. The number of carbonyl (C=O) groups excluding carboxylic acids is 3. The smallest absolute Gasteiger partial charge is 0.244 e. The average Bonchev–Trinajstić information content (AvgIpc) is 3.23. The Kier molecular flexibility index (Phi) is 28.4. The lowest BCUT2D eigenvalue weighted by molar-refractivity contribution is -0.127. The van der Waals surface area contributed by atoms with Gasteiger partial charge in [-0.25, -0.2) is 0 Å². The third-order valence-electron chi connectivity index (χ3n) is 12.3. The Morgan fingerprint density at radius 3 is 1.56 bits per heavy atom. The normalized spacial score (nSPS) is 18.0. The first-order valence-corrected chi connectivity index (χ1v) is 24.9. The molecule has 0 saturated heterocycles. The Morgan fingerprint density at radius 1 is 0.591 bits per heavy atom. The van der Waals surface area contributed by atoms with Crippen LogP contribution in [0, 0.1) is 10.8 Å². The molecule has 0 heterocycles. The highest BCUT2D eigenvalue weighted by Crippen LogP contribution is 2.41. The number of hydrogen-bond donors (Lipinski definition) is 3. The maximum Gasteiger partial charge on any atom is 0.244 e. The molecular weight excluding hydrogens is 823 g/mol. The van der Waals surface area contributed by atoms with Gasteiger partial charge in [-0.05, 0) is 145 Å². The average molecular weight is 912 g/mol. The van der Waals surface area contributed by atoms with Crippen molar-refractivity contribution in [3.63, 3.8) is 0 Å². The fourth-order valence-electron chi connectivity index (χ4n) is 8.29. The molecule has 66 heavy (non-hydrogen) atoms. The quantitative estimate of drug-likeness (QED) is 0.0376. The molecular formula is C57H89N3O6. The third kappa shape index (κ3) is 25.0. The highest BCUT2D eigenvalue weighted by Gasteiger charge is 2.27. The van der Waals surface area contributed by atoms with Crippen molar-refractivity contribution in [1.29, 1.82) is 0 Å². The van der Waals surface area contributed by atoms with Crippen LogP contribution in [0.5, 0.6) is 0 Å².